The van der Waals surface area contributed by atoms with Crippen LogP contribution in [0.5, 0.6) is 0 Å². The van der Waals surface area contributed by atoms with Crippen molar-refractivity contribution in [3.05, 3.63) is 27.4 Å². The Balaban J connectivity index is 2.42. The number of hydrogen-bond acceptors (Lipinski definition) is 2. The van der Waals surface area contributed by atoms with Gasteiger partial charge in [-0.3, -0.25) is 4.79 Å². The lowest BCUT2D eigenvalue weighted by Gasteiger charge is -2.17. The van der Waals surface area contributed by atoms with E-state index in [2.05, 4.69) is 28.6 Å². The molecule has 2 nitrogen and oxygen atoms in total. The van der Waals surface area contributed by atoms with E-state index in [1.54, 1.807) is 6.07 Å². The first-order chi connectivity index (χ1) is 7.50. The molecule has 0 spiro atoms. The highest BCUT2D eigenvalue weighted by atomic mass is 79.9. The Hall–Kier alpha value is -0.260. The van der Waals surface area contributed by atoms with Gasteiger partial charge in [0.1, 0.15) is 0 Å². The zero-order valence-corrected chi connectivity index (χ0v) is 11.3. The van der Waals surface area contributed by atoms with Gasteiger partial charge in [-0.25, -0.2) is 4.39 Å². The normalized spacial score (nSPS) is 20.6. The monoisotopic (exact) mass is 323 g/mol. The first-order valence-corrected chi connectivity index (χ1v) is 6.31. The lowest BCUT2D eigenvalue weighted by Crippen LogP contribution is -2.25. The summed E-state index contributed by atoms with van der Waals surface area (Å²) in [5, 5.41) is -0.0535. The summed E-state index contributed by atoms with van der Waals surface area (Å²) < 4.78 is 14.3. The molecule has 16 heavy (non-hydrogen) atoms. The lowest BCUT2D eigenvalue weighted by atomic mass is 10.3. The van der Waals surface area contributed by atoms with Crippen LogP contribution in [0, 0.1) is 5.82 Å². The highest BCUT2D eigenvalue weighted by Gasteiger charge is 2.30. The van der Waals surface area contributed by atoms with Crippen LogP contribution in [0.3, 0.4) is 0 Å². The number of nitrogens with zero attached hydrogens (tertiary/aromatic N) is 1. The van der Waals surface area contributed by atoms with Crippen molar-refractivity contribution in [3.63, 3.8) is 0 Å². The number of amides is 1. The van der Waals surface area contributed by atoms with E-state index in [0.29, 0.717) is 17.4 Å². The van der Waals surface area contributed by atoms with Crippen LogP contribution in [0.2, 0.25) is 5.02 Å². The molecule has 0 saturated carbocycles. The number of hydrogen-bond donors (Lipinski definition) is 1. The Morgan fingerprint density at radius 3 is 2.81 bits per heavy atom. The standard InChI is InChI=1S/C10H8BrClFNOS/c11-6-1-2-7(10(13)9(6)12)14-4-5(16)3-8(14)15/h1-2,5,16H,3-4H2. The number of rotatable bonds is 1. The molecule has 1 fully saturated rings. The topological polar surface area (TPSA) is 20.3 Å². The molecule has 2 rings (SSSR count). The fourth-order valence-electron chi connectivity index (χ4n) is 1.65. The van der Waals surface area contributed by atoms with Crippen LogP contribution in [0.25, 0.3) is 0 Å². The fraction of sp³-hybridized carbons (Fsp3) is 0.300. The van der Waals surface area contributed by atoms with Crippen molar-refractivity contribution in [3.8, 4) is 0 Å². The molecule has 1 unspecified atom stereocenters. The fourth-order valence-corrected chi connectivity index (χ4v) is 2.43. The third-order valence-corrected chi connectivity index (χ3v) is 4.01. The zero-order valence-electron chi connectivity index (χ0n) is 8.08. The molecule has 1 aliphatic rings. The minimum Gasteiger partial charge on any atom is -0.308 e. The van der Waals surface area contributed by atoms with Crippen molar-refractivity contribution in [1.82, 2.24) is 0 Å². The molecule has 0 radical (unpaired) electrons. The van der Waals surface area contributed by atoms with E-state index >= 15 is 0 Å². The average molecular weight is 325 g/mol. The van der Waals surface area contributed by atoms with Crippen LogP contribution in [0.15, 0.2) is 16.6 Å². The van der Waals surface area contributed by atoms with E-state index < -0.39 is 5.82 Å². The molecule has 1 aliphatic heterocycles. The van der Waals surface area contributed by atoms with Crippen LogP contribution in [0.1, 0.15) is 6.42 Å². The summed E-state index contributed by atoms with van der Waals surface area (Å²) in [4.78, 5) is 13.0. The summed E-state index contributed by atoms with van der Waals surface area (Å²) in [5.41, 5.74) is 0.217. The summed E-state index contributed by atoms with van der Waals surface area (Å²) in [6.45, 7) is 0.414. The van der Waals surface area contributed by atoms with Gasteiger partial charge in [-0.05, 0) is 28.1 Å². The van der Waals surface area contributed by atoms with Crippen molar-refractivity contribution in [2.75, 3.05) is 11.4 Å². The largest absolute Gasteiger partial charge is 0.308 e. The van der Waals surface area contributed by atoms with Crippen molar-refractivity contribution >= 4 is 51.8 Å². The molecule has 1 atom stereocenters. The van der Waals surface area contributed by atoms with Crippen molar-refractivity contribution in [2.45, 2.75) is 11.7 Å². The number of benzene rings is 1. The van der Waals surface area contributed by atoms with Gasteiger partial charge in [0.05, 0.1) is 10.7 Å². The van der Waals surface area contributed by atoms with Crippen LogP contribution in [-0.2, 0) is 4.79 Å². The molecule has 1 saturated heterocycles. The Bertz CT molecular complexity index is 457. The number of halogens is 3. The van der Waals surface area contributed by atoms with E-state index in [1.807, 2.05) is 0 Å². The van der Waals surface area contributed by atoms with Gasteiger partial charge in [0, 0.05) is 22.7 Å². The molecule has 0 N–H and O–H groups in total. The van der Waals surface area contributed by atoms with Crippen molar-refractivity contribution < 1.29 is 9.18 Å². The van der Waals surface area contributed by atoms with Crippen molar-refractivity contribution in [2.24, 2.45) is 0 Å². The lowest BCUT2D eigenvalue weighted by molar-refractivity contribution is -0.117. The maximum atomic E-state index is 13.8. The third kappa shape index (κ3) is 2.08. The quantitative estimate of drug-likeness (QED) is 0.621. The molecule has 1 aromatic rings. The van der Waals surface area contributed by atoms with Crippen LogP contribution >= 0.6 is 40.2 Å². The first kappa shape index (κ1) is 12.2. The second-order valence-electron chi connectivity index (χ2n) is 3.56. The van der Waals surface area contributed by atoms with E-state index in [-0.39, 0.29) is 21.9 Å². The van der Waals surface area contributed by atoms with E-state index in [1.165, 1.54) is 11.0 Å². The van der Waals surface area contributed by atoms with Crippen LogP contribution in [0.4, 0.5) is 10.1 Å². The summed E-state index contributed by atoms with van der Waals surface area (Å²) in [7, 11) is 0. The Morgan fingerprint density at radius 2 is 2.25 bits per heavy atom. The van der Waals surface area contributed by atoms with Gasteiger partial charge < -0.3 is 4.90 Å². The SMILES string of the molecule is O=C1CC(S)CN1c1ccc(Br)c(Cl)c1F. The average Bonchev–Trinajstić information content (AvgIpc) is 2.55. The number of anilines is 1. The highest BCUT2D eigenvalue weighted by Crippen LogP contribution is 2.34. The maximum Gasteiger partial charge on any atom is 0.228 e. The second kappa shape index (κ2) is 4.55. The molecule has 1 heterocycles. The van der Waals surface area contributed by atoms with Gasteiger partial charge in [-0.2, -0.15) is 12.6 Å². The number of thiol groups is 1. The smallest absolute Gasteiger partial charge is 0.228 e. The minimum absolute atomic E-state index is 0.00656. The molecule has 0 bridgehead atoms. The second-order valence-corrected chi connectivity index (χ2v) is 5.52. The third-order valence-electron chi connectivity index (χ3n) is 2.41. The summed E-state index contributed by atoms with van der Waals surface area (Å²) in [6, 6.07) is 3.16. The van der Waals surface area contributed by atoms with Gasteiger partial charge in [-0.1, -0.05) is 11.6 Å². The molecular weight excluding hydrogens is 317 g/mol. The first-order valence-electron chi connectivity index (χ1n) is 4.62. The van der Waals surface area contributed by atoms with E-state index in [9.17, 15) is 9.18 Å². The zero-order chi connectivity index (χ0) is 11.9. The van der Waals surface area contributed by atoms with E-state index in [0.717, 1.165) is 0 Å². The van der Waals surface area contributed by atoms with E-state index in [4.69, 9.17) is 11.6 Å². The predicted molar refractivity (Wildman–Crippen MR) is 68.9 cm³/mol. The highest BCUT2D eigenvalue weighted by molar-refractivity contribution is 9.10. The molecule has 0 aromatic heterocycles. The summed E-state index contributed by atoms with van der Waals surface area (Å²) >= 11 is 13.1. The van der Waals surface area contributed by atoms with Crippen LogP contribution in [-0.4, -0.2) is 17.7 Å². The Labute approximate surface area is 111 Å². The maximum absolute atomic E-state index is 13.8. The van der Waals surface area contributed by atoms with Gasteiger partial charge in [0.25, 0.3) is 0 Å². The number of carbonyl (C=O) groups excluding carboxylic acids is 1. The van der Waals surface area contributed by atoms with Gasteiger partial charge in [-0.15, -0.1) is 0 Å². The summed E-state index contributed by atoms with van der Waals surface area (Å²) in [5.74, 6) is -0.705. The van der Waals surface area contributed by atoms with Gasteiger partial charge >= 0.3 is 0 Å². The minimum atomic E-state index is -0.577. The molecule has 1 aromatic carbocycles. The van der Waals surface area contributed by atoms with Crippen molar-refractivity contribution in [1.29, 1.82) is 0 Å². The van der Waals surface area contributed by atoms with Gasteiger partial charge in [0.2, 0.25) is 5.91 Å². The molecular formula is C10H8BrClFNOS. The Kier molecular flexibility index (Phi) is 3.47. The molecule has 0 aliphatic carbocycles. The molecule has 86 valence electrons. The van der Waals surface area contributed by atoms with Crippen LogP contribution < -0.4 is 4.90 Å². The van der Waals surface area contributed by atoms with Gasteiger partial charge in [0.15, 0.2) is 5.82 Å². The molecule has 6 heteroatoms. The summed E-state index contributed by atoms with van der Waals surface area (Å²) in [6.07, 6.45) is 0.330. The number of carbonyl (C=O) groups is 1. The predicted octanol–water partition coefficient (Wildman–Crippen LogP) is 3.28. The Morgan fingerprint density at radius 1 is 1.56 bits per heavy atom. The molecule has 1 amide bonds.